The van der Waals surface area contributed by atoms with Crippen molar-refractivity contribution in [1.82, 2.24) is 20.2 Å². The van der Waals surface area contributed by atoms with Crippen molar-refractivity contribution >= 4 is 46.1 Å². The lowest BCUT2D eigenvalue weighted by molar-refractivity contribution is -0.147. The number of pyridine rings is 2. The Kier molecular flexibility index (Phi) is 12.7. The fourth-order valence-electron chi connectivity index (χ4n) is 6.90. The first-order valence-corrected chi connectivity index (χ1v) is 18.3. The van der Waals surface area contributed by atoms with Crippen molar-refractivity contribution in [3.05, 3.63) is 108 Å². The molecule has 1 atom stereocenters. The third-order valence-electron chi connectivity index (χ3n) is 9.85. The number of likely N-dealkylation sites (tertiary alicyclic amines) is 1. The number of benzene rings is 2. The Labute approximate surface area is 318 Å². The molecule has 2 aromatic carbocycles. The van der Waals surface area contributed by atoms with Gasteiger partial charge in [0.15, 0.2) is 11.5 Å². The minimum atomic E-state index is -0.276. The lowest BCUT2D eigenvalue weighted by Gasteiger charge is -2.31. The van der Waals surface area contributed by atoms with Gasteiger partial charge in [-0.05, 0) is 93.1 Å². The van der Waals surface area contributed by atoms with Crippen LogP contribution in [-0.4, -0.2) is 73.0 Å². The molecule has 0 aliphatic carbocycles. The Morgan fingerprint density at radius 1 is 0.855 bits per heavy atom. The predicted molar refractivity (Wildman–Crippen MR) is 207 cm³/mol. The average molecular weight is 745 g/mol. The van der Waals surface area contributed by atoms with E-state index in [0.29, 0.717) is 80.9 Å². The summed E-state index contributed by atoms with van der Waals surface area (Å²) in [6.07, 6.45) is 5.35. The number of esters is 2. The molecule has 1 fully saturated rings. The van der Waals surface area contributed by atoms with Crippen LogP contribution in [0.4, 0.5) is 0 Å². The number of methoxy groups -OCH3 is 2. The molecule has 12 nitrogen and oxygen atoms in total. The van der Waals surface area contributed by atoms with Gasteiger partial charge in [0.2, 0.25) is 6.41 Å². The van der Waals surface area contributed by atoms with Crippen LogP contribution < -0.4 is 5.32 Å². The highest BCUT2D eigenvalue weighted by atomic mass is 16.5. The molecule has 1 aliphatic heterocycles. The van der Waals surface area contributed by atoms with Gasteiger partial charge in [-0.25, -0.2) is 9.97 Å². The highest BCUT2D eigenvalue weighted by Crippen LogP contribution is 2.30. The van der Waals surface area contributed by atoms with E-state index in [1.807, 2.05) is 85.8 Å². The summed E-state index contributed by atoms with van der Waals surface area (Å²) in [7, 11) is 2.79. The van der Waals surface area contributed by atoms with Gasteiger partial charge in [0.05, 0.1) is 48.9 Å². The van der Waals surface area contributed by atoms with E-state index in [4.69, 9.17) is 18.3 Å². The van der Waals surface area contributed by atoms with Gasteiger partial charge in [-0.1, -0.05) is 36.4 Å². The zero-order valence-corrected chi connectivity index (χ0v) is 31.2. The zero-order chi connectivity index (χ0) is 38.7. The Morgan fingerprint density at radius 3 is 2.18 bits per heavy atom. The third kappa shape index (κ3) is 9.26. The lowest BCUT2D eigenvalue weighted by atomic mass is 9.94. The summed E-state index contributed by atoms with van der Waals surface area (Å²) in [5.74, 6) is 1.23. The summed E-state index contributed by atoms with van der Waals surface area (Å²) < 4.78 is 21.0. The maximum Gasteiger partial charge on any atom is 0.308 e. The highest BCUT2D eigenvalue weighted by molar-refractivity contribution is 6.07. The fraction of sp³-hybridized carbons (Fsp3) is 0.302. The summed E-state index contributed by atoms with van der Waals surface area (Å²) in [6.45, 7) is 3.38. The monoisotopic (exact) mass is 744 g/mol. The van der Waals surface area contributed by atoms with E-state index in [-0.39, 0.29) is 29.7 Å². The van der Waals surface area contributed by atoms with Crippen LogP contribution in [0.3, 0.4) is 0 Å². The van der Waals surface area contributed by atoms with Crippen LogP contribution in [0.25, 0.3) is 44.7 Å². The van der Waals surface area contributed by atoms with Crippen molar-refractivity contribution in [3.8, 4) is 22.9 Å². The number of ether oxygens (including phenoxy) is 2. The van der Waals surface area contributed by atoms with Crippen LogP contribution in [0.15, 0.2) is 100 Å². The summed E-state index contributed by atoms with van der Waals surface area (Å²) in [4.78, 5) is 58.7. The number of fused-ring (bicyclic) bond motifs is 2. The summed E-state index contributed by atoms with van der Waals surface area (Å²) in [5.41, 5.74) is 4.75. The molecule has 4 aromatic heterocycles. The first kappa shape index (κ1) is 38.4. The van der Waals surface area contributed by atoms with Gasteiger partial charge in [-0.3, -0.25) is 19.2 Å². The SMILES string of the molecule is COC(=O)C(CCNC=O)CCc1cc(-c2ccco2)nc2ccccc12.COC(=O)C1CCN(C(=O)c2cc(-c3ccc(C)o3)nc3ccccc23)CC1. The van der Waals surface area contributed by atoms with Crippen LogP contribution in [0, 0.1) is 18.8 Å². The van der Waals surface area contributed by atoms with Crippen molar-refractivity contribution in [2.45, 2.75) is 39.0 Å². The number of amides is 2. The van der Waals surface area contributed by atoms with Crippen LogP contribution in [0.2, 0.25) is 0 Å². The second kappa shape index (κ2) is 18.2. The smallest absolute Gasteiger partial charge is 0.308 e. The van der Waals surface area contributed by atoms with E-state index >= 15 is 0 Å². The van der Waals surface area contributed by atoms with E-state index in [9.17, 15) is 19.2 Å². The second-order valence-corrected chi connectivity index (χ2v) is 13.4. The molecule has 1 aliphatic rings. The molecular weight excluding hydrogens is 700 g/mol. The molecule has 1 saturated heterocycles. The van der Waals surface area contributed by atoms with Gasteiger partial charge in [-0.2, -0.15) is 0 Å². The number of furan rings is 2. The molecule has 1 N–H and O–H groups in total. The molecule has 0 saturated carbocycles. The van der Waals surface area contributed by atoms with E-state index in [0.717, 1.165) is 38.8 Å². The lowest BCUT2D eigenvalue weighted by Crippen LogP contribution is -2.40. The first-order chi connectivity index (χ1) is 26.8. The molecule has 2 amide bonds. The van der Waals surface area contributed by atoms with Gasteiger partial charge < -0.3 is 28.5 Å². The number of carbonyl (C=O) groups excluding carboxylic acids is 4. The van der Waals surface area contributed by atoms with Crippen LogP contribution in [0.5, 0.6) is 0 Å². The molecule has 55 heavy (non-hydrogen) atoms. The second-order valence-electron chi connectivity index (χ2n) is 13.4. The maximum atomic E-state index is 13.3. The molecule has 1 unspecified atom stereocenters. The third-order valence-corrected chi connectivity index (χ3v) is 9.85. The van der Waals surface area contributed by atoms with E-state index in [1.165, 1.54) is 14.2 Å². The normalized spacial score (nSPS) is 13.5. The quantitative estimate of drug-likeness (QED) is 0.0774. The van der Waals surface area contributed by atoms with Gasteiger partial charge in [0.1, 0.15) is 17.1 Å². The molecule has 5 heterocycles. The summed E-state index contributed by atoms with van der Waals surface area (Å²) in [5, 5.41) is 4.47. The number of para-hydroxylation sites is 2. The number of nitrogens with zero attached hydrogens (tertiary/aromatic N) is 3. The Bertz CT molecular complexity index is 2260. The Morgan fingerprint density at radius 2 is 1.55 bits per heavy atom. The number of hydrogen-bond donors (Lipinski definition) is 1. The topological polar surface area (TPSA) is 154 Å². The molecule has 12 heteroatoms. The van der Waals surface area contributed by atoms with Crippen molar-refractivity contribution in [2.24, 2.45) is 11.8 Å². The van der Waals surface area contributed by atoms with Gasteiger partial charge in [0.25, 0.3) is 5.91 Å². The largest absolute Gasteiger partial charge is 0.469 e. The van der Waals surface area contributed by atoms with Crippen LogP contribution in [0.1, 0.15) is 47.4 Å². The number of carbonyl (C=O) groups is 4. The van der Waals surface area contributed by atoms with Crippen molar-refractivity contribution in [3.63, 3.8) is 0 Å². The highest BCUT2D eigenvalue weighted by Gasteiger charge is 2.29. The van der Waals surface area contributed by atoms with Gasteiger partial charge in [-0.15, -0.1) is 0 Å². The van der Waals surface area contributed by atoms with Gasteiger partial charge in [0, 0.05) is 30.4 Å². The number of aromatic nitrogens is 2. The number of hydrogen-bond acceptors (Lipinski definition) is 10. The van der Waals surface area contributed by atoms with E-state index < -0.39 is 0 Å². The molecule has 6 aromatic rings. The summed E-state index contributed by atoms with van der Waals surface area (Å²) in [6, 6.07) is 26.8. The number of piperidine rings is 1. The van der Waals surface area contributed by atoms with E-state index in [1.54, 1.807) is 17.2 Å². The number of aryl methyl sites for hydroxylation is 2. The molecule has 0 radical (unpaired) electrons. The number of rotatable bonds is 12. The van der Waals surface area contributed by atoms with E-state index in [2.05, 4.69) is 15.3 Å². The molecule has 7 rings (SSSR count). The standard InChI is InChI=1S/C22H22N2O4.C21H22N2O4/c1-14-7-8-20(28-14)19-13-17(16-5-3-4-6-18(16)23-19)21(25)24-11-9-15(10-12-24)22(26)27-2;1-26-21(25)15(10-11-22-14-24)8-9-16-13-19(20-7-4-12-27-20)23-18-6-3-2-5-17(16)18/h3-8,13,15H,9-12H2,1-2H3;2-7,12-15H,8-11H2,1H3,(H,22,24). The van der Waals surface area contributed by atoms with Crippen molar-refractivity contribution in [2.75, 3.05) is 33.9 Å². The zero-order valence-electron chi connectivity index (χ0n) is 31.2. The molecule has 0 spiro atoms. The molecule has 284 valence electrons. The van der Waals surface area contributed by atoms with Gasteiger partial charge >= 0.3 is 11.9 Å². The molecular formula is C43H44N4O8. The predicted octanol–water partition coefficient (Wildman–Crippen LogP) is 7.18. The minimum Gasteiger partial charge on any atom is -0.469 e. The minimum absolute atomic E-state index is 0.0496. The molecule has 0 bridgehead atoms. The Hall–Kier alpha value is -6.30. The van der Waals surface area contributed by atoms with Crippen LogP contribution >= 0.6 is 0 Å². The maximum absolute atomic E-state index is 13.3. The van der Waals surface area contributed by atoms with Crippen molar-refractivity contribution < 1.29 is 37.5 Å². The summed E-state index contributed by atoms with van der Waals surface area (Å²) >= 11 is 0. The van der Waals surface area contributed by atoms with Crippen LogP contribution in [-0.2, 0) is 30.3 Å². The number of nitrogens with one attached hydrogen (secondary N) is 1. The fourth-order valence-corrected chi connectivity index (χ4v) is 6.90. The Balaban J connectivity index is 0.000000187. The first-order valence-electron chi connectivity index (χ1n) is 18.3. The van der Waals surface area contributed by atoms with Crippen molar-refractivity contribution in [1.29, 1.82) is 0 Å². The average Bonchev–Trinajstić information content (AvgIpc) is 3.94.